The van der Waals surface area contributed by atoms with E-state index in [-0.39, 0.29) is 28.2 Å². The summed E-state index contributed by atoms with van der Waals surface area (Å²) in [5.41, 5.74) is 1.45. The molecular weight excluding hydrogens is 268 g/mol. The number of hydrogen-bond donors (Lipinski definition) is 2. The normalized spacial score (nSPS) is 13.9. The Morgan fingerprint density at radius 3 is 2.14 bits per heavy atom. The van der Waals surface area contributed by atoms with Gasteiger partial charge in [0.05, 0.1) is 11.1 Å². The summed E-state index contributed by atoms with van der Waals surface area (Å²) in [4.78, 5) is 24.8. The van der Waals surface area contributed by atoms with Crippen molar-refractivity contribution in [2.45, 2.75) is 6.92 Å². The molecular formula is C17H12O4. The van der Waals surface area contributed by atoms with Crippen LogP contribution < -0.4 is 0 Å². The van der Waals surface area contributed by atoms with Crippen molar-refractivity contribution in [3.8, 4) is 11.5 Å². The fraction of sp³-hybridized carbons (Fsp3) is 0.0588. The highest BCUT2D eigenvalue weighted by Crippen LogP contribution is 2.37. The molecule has 0 bridgehead atoms. The van der Waals surface area contributed by atoms with Crippen molar-refractivity contribution >= 4 is 17.1 Å². The van der Waals surface area contributed by atoms with E-state index in [2.05, 4.69) is 0 Å². The Kier molecular flexibility index (Phi) is 2.87. The molecule has 2 N–H and O–H groups in total. The molecule has 0 aromatic heterocycles. The van der Waals surface area contributed by atoms with Gasteiger partial charge in [0.2, 0.25) is 0 Å². The third kappa shape index (κ3) is 1.92. The molecule has 0 unspecified atom stereocenters. The van der Waals surface area contributed by atoms with E-state index in [0.717, 1.165) is 5.56 Å². The number of carbonyl (C=O) groups is 2. The number of phenolic OH excluding ortho intramolecular Hbond substituents is 2. The van der Waals surface area contributed by atoms with Crippen molar-refractivity contribution in [2.24, 2.45) is 0 Å². The first kappa shape index (κ1) is 13.1. The lowest BCUT2D eigenvalue weighted by molar-refractivity contribution is 0.0996. The largest absolute Gasteiger partial charge is 0.507 e. The van der Waals surface area contributed by atoms with Crippen LogP contribution in [0.3, 0.4) is 0 Å². The van der Waals surface area contributed by atoms with Gasteiger partial charge in [-0.1, -0.05) is 24.3 Å². The fourth-order valence-electron chi connectivity index (χ4n) is 2.54. The second-order valence-corrected chi connectivity index (χ2v) is 4.92. The van der Waals surface area contributed by atoms with Gasteiger partial charge in [-0.15, -0.1) is 0 Å². The second kappa shape index (κ2) is 4.59. The average Bonchev–Trinajstić information content (AvgIpc) is 2.46. The van der Waals surface area contributed by atoms with E-state index in [4.69, 9.17) is 0 Å². The maximum absolute atomic E-state index is 12.6. The molecule has 0 aliphatic heterocycles. The van der Waals surface area contributed by atoms with Gasteiger partial charge in [0, 0.05) is 5.57 Å². The molecule has 0 atom stereocenters. The first-order chi connectivity index (χ1) is 10.0. The Hall–Kier alpha value is -2.88. The van der Waals surface area contributed by atoms with Crippen molar-refractivity contribution in [3.63, 3.8) is 0 Å². The minimum Gasteiger partial charge on any atom is -0.507 e. The number of ketones is 2. The molecule has 3 rings (SSSR count). The monoisotopic (exact) mass is 280 g/mol. The Morgan fingerprint density at radius 2 is 1.48 bits per heavy atom. The van der Waals surface area contributed by atoms with E-state index in [1.807, 2.05) is 19.1 Å². The first-order valence-corrected chi connectivity index (χ1v) is 6.42. The van der Waals surface area contributed by atoms with Gasteiger partial charge in [-0.25, -0.2) is 0 Å². The maximum Gasteiger partial charge on any atom is 0.198 e. The summed E-state index contributed by atoms with van der Waals surface area (Å²) < 4.78 is 0. The SMILES string of the molecule is Cc1ccccc1C1=CC(=O)c2c(O)ccc(O)c2C1=O. The summed E-state index contributed by atoms with van der Waals surface area (Å²) in [6, 6.07) is 9.61. The van der Waals surface area contributed by atoms with Crippen molar-refractivity contribution in [2.75, 3.05) is 0 Å². The van der Waals surface area contributed by atoms with Crippen LogP contribution in [0.2, 0.25) is 0 Å². The van der Waals surface area contributed by atoms with Gasteiger partial charge >= 0.3 is 0 Å². The number of hydrogen-bond acceptors (Lipinski definition) is 4. The summed E-state index contributed by atoms with van der Waals surface area (Å²) in [6.45, 7) is 1.84. The van der Waals surface area contributed by atoms with Crippen LogP contribution in [0.25, 0.3) is 5.57 Å². The molecule has 2 aromatic rings. The quantitative estimate of drug-likeness (QED) is 0.788. The number of fused-ring (bicyclic) bond motifs is 1. The molecule has 0 fully saturated rings. The molecule has 4 heteroatoms. The van der Waals surface area contributed by atoms with E-state index in [0.29, 0.717) is 5.56 Å². The smallest absolute Gasteiger partial charge is 0.198 e. The standard InChI is InChI=1S/C17H12O4/c1-9-4-2-3-5-10(9)11-8-14(20)15-12(18)6-7-13(19)16(15)17(11)21/h2-8,18-19H,1H3. The molecule has 1 aliphatic carbocycles. The molecule has 0 radical (unpaired) electrons. The van der Waals surface area contributed by atoms with Gasteiger partial charge in [-0.3, -0.25) is 9.59 Å². The highest BCUT2D eigenvalue weighted by molar-refractivity contribution is 6.40. The number of allylic oxidation sites excluding steroid dienone is 2. The molecule has 104 valence electrons. The lowest BCUT2D eigenvalue weighted by Crippen LogP contribution is -2.17. The van der Waals surface area contributed by atoms with Crippen LogP contribution in [0.1, 0.15) is 31.8 Å². The Bertz CT molecular complexity index is 816. The molecule has 0 saturated heterocycles. The summed E-state index contributed by atoms with van der Waals surface area (Å²) in [5.74, 6) is -1.56. The number of rotatable bonds is 1. The zero-order chi connectivity index (χ0) is 15.1. The van der Waals surface area contributed by atoms with E-state index < -0.39 is 11.6 Å². The van der Waals surface area contributed by atoms with Crippen molar-refractivity contribution in [1.29, 1.82) is 0 Å². The third-order valence-electron chi connectivity index (χ3n) is 3.59. The van der Waals surface area contributed by atoms with Gasteiger partial charge < -0.3 is 10.2 Å². The van der Waals surface area contributed by atoms with Crippen LogP contribution in [-0.4, -0.2) is 21.8 Å². The predicted molar refractivity (Wildman–Crippen MR) is 77.6 cm³/mol. The first-order valence-electron chi connectivity index (χ1n) is 6.42. The fourth-order valence-corrected chi connectivity index (χ4v) is 2.54. The Morgan fingerprint density at radius 1 is 0.857 bits per heavy atom. The van der Waals surface area contributed by atoms with E-state index in [1.165, 1.54) is 18.2 Å². The van der Waals surface area contributed by atoms with Crippen LogP contribution in [0.5, 0.6) is 11.5 Å². The maximum atomic E-state index is 12.6. The number of carbonyl (C=O) groups excluding carboxylic acids is 2. The average molecular weight is 280 g/mol. The topological polar surface area (TPSA) is 74.6 Å². The van der Waals surface area contributed by atoms with Crippen LogP contribution >= 0.6 is 0 Å². The van der Waals surface area contributed by atoms with Gasteiger partial charge in [-0.05, 0) is 36.3 Å². The van der Waals surface area contributed by atoms with Gasteiger partial charge in [-0.2, -0.15) is 0 Å². The third-order valence-corrected chi connectivity index (χ3v) is 3.59. The number of aryl methyl sites for hydroxylation is 1. The van der Waals surface area contributed by atoms with E-state index in [9.17, 15) is 19.8 Å². The molecule has 21 heavy (non-hydrogen) atoms. The molecule has 1 aliphatic rings. The molecule has 0 heterocycles. The van der Waals surface area contributed by atoms with E-state index >= 15 is 0 Å². The van der Waals surface area contributed by atoms with Crippen LogP contribution in [0.15, 0.2) is 42.5 Å². The van der Waals surface area contributed by atoms with Crippen molar-refractivity contribution < 1.29 is 19.8 Å². The lowest BCUT2D eigenvalue weighted by atomic mass is 9.84. The molecule has 0 saturated carbocycles. The molecule has 0 amide bonds. The van der Waals surface area contributed by atoms with E-state index in [1.54, 1.807) is 12.1 Å². The summed E-state index contributed by atoms with van der Waals surface area (Å²) in [7, 11) is 0. The van der Waals surface area contributed by atoms with Gasteiger partial charge in [0.25, 0.3) is 0 Å². The lowest BCUT2D eigenvalue weighted by Gasteiger charge is -2.18. The number of Topliss-reactive ketones (excluding diaryl/α,β-unsaturated/α-hetero) is 1. The molecule has 2 aromatic carbocycles. The van der Waals surface area contributed by atoms with Crippen molar-refractivity contribution in [3.05, 3.63) is 64.7 Å². The van der Waals surface area contributed by atoms with Gasteiger partial charge in [0.1, 0.15) is 11.5 Å². The number of aromatic hydroxyl groups is 2. The number of benzene rings is 2. The second-order valence-electron chi connectivity index (χ2n) is 4.92. The van der Waals surface area contributed by atoms with Crippen LogP contribution in [0, 0.1) is 6.92 Å². The van der Waals surface area contributed by atoms with Gasteiger partial charge in [0.15, 0.2) is 11.6 Å². The highest BCUT2D eigenvalue weighted by Gasteiger charge is 2.31. The van der Waals surface area contributed by atoms with Crippen LogP contribution in [0.4, 0.5) is 0 Å². The predicted octanol–water partition coefficient (Wildman–Crippen LogP) is 2.87. The van der Waals surface area contributed by atoms with Crippen molar-refractivity contribution in [1.82, 2.24) is 0 Å². The Labute approximate surface area is 121 Å². The summed E-state index contributed by atoms with van der Waals surface area (Å²) in [5, 5.41) is 19.7. The summed E-state index contributed by atoms with van der Waals surface area (Å²) in [6.07, 6.45) is 1.21. The minimum atomic E-state index is -0.490. The molecule has 0 spiro atoms. The molecule has 4 nitrogen and oxygen atoms in total. The number of phenols is 2. The summed E-state index contributed by atoms with van der Waals surface area (Å²) >= 11 is 0. The Balaban J connectivity index is 2.26. The zero-order valence-corrected chi connectivity index (χ0v) is 11.3. The highest BCUT2D eigenvalue weighted by atomic mass is 16.3. The van der Waals surface area contributed by atoms with Crippen LogP contribution in [-0.2, 0) is 0 Å². The minimum absolute atomic E-state index is 0.138. The zero-order valence-electron chi connectivity index (χ0n) is 11.3.